The highest BCUT2D eigenvalue weighted by atomic mass is 79.9. The molecule has 0 amide bonds. The third-order valence-electron chi connectivity index (χ3n) is 4.66. The molecule has 1 unspecified atom stereocenters. The Morgan fingerprint density at radius 2 is 2.05 bits per heavy atom. The van der Waals surface area contributed by atoms with E-state index in [1.807, 2.05) is 12.3 Å². The van der Waals surface area contributed by atoms with Crippen LogP contribution in [-0.2, 0) is 5.41 Å². The molecule has 22 heavy (non-hydrogen) atoms. The summed E-state index contributed by atoms with van der Waals surface area (Å²) in [5.41, 5.74) is 3.10. The molecule has 1 N–H and O–H groups in total. The van der Waals surface area contributed by atoms with Crippen LogP contribution >= 0.6 is 15.9 Å². The number of halogens is 1. The summed E-state index contributed by atoms with van der Waals surface area (Å²) >= 11 is 3.51. The van der Waals surface area contributed by atoms with Crippen molar-refractivity contribution >= 4 is 15.9 Å². The Kier molecular flexibility index (Phi) is 3.18. The Labute approximate surface area is 137 Å². The number of H-pyrrole nitrogens is 1. The van der Waals surface area contributed by atoms with E-state index in [-0.39, 0.29) is 5.41 Å². The number of aromatic nitrogens is 3. The van der Waals surface area contributed by atoms with Crippen LogP contribution in [-0.4, -0.2) is 15.4 Å². The zero-order chi connectivity index (χ0) is 15.2. The van der Waals surface area contributed by atoms with Crippen molar-refractivity contribution in [3.05, 3.63) is 58.5 Å². The van der Waals surface area contributed by atoms with Crippen molar-refractivity contribution in [3.63, 3.8) is 0 Å². The molecule has 0 spiro atoms. The van der Waals surface area contributed by atoms with Gasteiger partial charge in [0.05, 0.1) is 17.5 Å². The van der Waals surface area contributed by atoms with E-state index in [1.54, 1.807) is 6.20 Å². The highest BCUT2D eigenvalue weighted by Crippen LogP contribution is 2.51. The average Bonchev–Trinajstić information content (AvgIpc) is 3.03. The highest BCUT2D eigenvalue weighted by Gasteiger charge is 2.46. The maximum absolute atomic E-state index is 5.56. The number of hydrogen-bond donors (Lipinski definition) is 1. The van der Waals surface area contributed by atoms with E-state index >= 15 is 0 Å². The summed E-state index contributed by atoms with van der Waals surface area (Å²) in [6.07, 6.45) is 6.04. The van der Waals surface area contributed by atoms with Crippen LogP contribution in [0.15, 0.2) is 51.7 Å². The molecule has 0 aliphatic heterocycles. The Balaban J connectivity index is 1.78. The predicted molar refractivity (Wildman–Crippen MR) is 87.4 cm³/mol. The lowest BCUT2D eigenvalue weighted by atomic mass is 9.75. The van der Waals surface area contributed by atoms with Crippen molar-refractivity contribution in [2.45, 2.75) is 25.2 Å². The average molecular weight is 358 g/mol. The molecule has 5 heteroatoms. The third-order valence-corrected chi connectivity index (χ3v) is 5.19. The minimum absolute atomic E-state index is 0.105. The van der Waals surface area contributed by atoms with E-state index < -0.39 is 0 Å². The van der Waals surface area contributed by atoms with Crippen molar-refractivity contribution < 1.29 is 4.52 Å². The van der Waals surface area contributed by atoms with Crippen LogP contribution in [0.4, 0.5) is 0 Å². The smallest absolute Gasteiger partial charge is 0.170 e. The second-order valence-electron chi connectivity index (χ2n) is 6.05. The topological polar surface area (TPSA) is 54.7 Å². The molecular formula is C17H16BrN3O. The zero-order valence-corrected chi connectivity index (χ0v) is 13.8. The summed E-state index contributed by atoms with van der Waals surface area (Å²) in [5.74, 6) is 1.38. The van der Waals surface area contributed by atoms with Crippen LogP contribution in [0.2, 0.25) is 0 Å². The molecule has 1 aliphatic carbocycles. The van der Waals surface area contributed by atoms with E-state index in [9.17, 15) is 0 Å². The molecule has 4 rings (SSSR count). The normalized spacial score (nSPS) is 17.4. The van der Waals surface area contributed by atoms with Crippen LogP contribution < -0.4 is 0 Å². The number of rotatable bonds is 4. The molecule has 1 saturated carbocycles. The monoisotopic (exact) mass is 357 g/mol. The first-order chi connectivity index (χ1) is 10.7. The Morgan fingerprint density at radius 3 is 2.68 bits per heavy atom. The van der Waals surface area contributed by atoms with Crippen molar-refractivity contribution in [1.82, 2.24) is 15.4 Å². The number of nitrogens with zero attached hydrogens (tertiary/aromatic N) is 2. The van der Waals surface area contributed by atoms with Gasteiger partial charge in [-0.2, -0.15) is 5.10 Å². The summed E-state index contributed by atoms with van der Waals surface area (Å²) in [6.45, 7) is 2.27. The minimum Gasteiger partial charge on any atom is -0.356 e. The summed E-state index contributed by atoms with van der Waals surface area (Å²) in [5, 5.41) is 11.1. The van der Waals surface area contributed by atoms with Crippen LogP contribution in [0.1, 0.15) is 31.0 Å². The number of benzene rings is 1. The van der Waals surface area contributed by atoms with Gasteiger partial charge in [-0.1, -0.05) is 33.2 Å². The van der Waals surface area contributed by atoms with Crippen molar-refractivity contribution in [2.24, 2.45) is 5.92 Å². The first kappa shape index (κ1) is 13.8. The van der Waals surface area contributed by atoms with Crippen molar-refractivity contribution in [1.29, 1.82) is 0 Å². The Hall–Kier alpha value is -1.88. The van der Waals surface area contributed by atoms with Gasteiger partial charge in [0.1, 0.15) is 0 Å². The van der Waals surface area contributed by atoms with Gasteiger partial charge in [-0.25, -0.2) is 0 Å². The number of hydrogen-bond acceptors (Lipinski definition) is 3. The van der Waals surface area contributed by atoms with Crippen LogP contribution in [0.25, 0.3) is 11.3 Å². The molecule has 2 heterocycles. The first-order valence-electron chi connectivity index (χ1n) is 7.40. The fraction of sp³-hybridized carbons (Fsp3) is 0.294. The maximum atomic E-state index is 5.56. The molecule has 3 aromatic rings. The summed E-state index contributed by atoms with van der Waals surface area (Å²) in [7, 11) is 0. The van der Waals surface area contributed by atoms with Gasteiger partial charge in [0, 0.05) is 22.2 Å². The molecule has 1 aliphatic rings. The molecule has 0 bridgehead atoms. The molecule has 4 nitrogen and oxygen atoms in total. The second kappa shape index (κ2) is 5.09. The largest absolute Gasteiger partial charge is 0.356 e. The quantitative estimate of drug-likeness (QED) is 0.745. The highest BCUT2D eigenvalue weighted by molar-refractivity contribution is 9.10. The standard InChI is InChI=1S/C17H16BrN3O/c1-17(12-2-3-12,13-4-6-14(18)7-5-13)16-8-15(22-21-16)11-9-19-20-10-11/h4-10,12H,2-3H2,1H3,(H,19,20). The van der Waals surface area contributed by atoms with Crippen LogP contribution in [0.3, 0.4) is 0 Å². The second-order valence-corrected chi connectivity index (χ2v) is 6.96. The zero-order valence-electron chi connectivity index (χ0n) is 12.2. The lowest BCUT2D eigenvalue weighted by Crippen LogP contribution is -2.26. The van der Waals surface area contributed by atoms with Gasteiger partial charge in [-0.05, 0) is 43.4 Å². The third kappa shape index (κ3) is 2.20. The van der Waals surface area contributed by atoms with Gasteiger partial charge in [0.2, 0.25) is 0 Å². The van der Waals surface area contributed by atoms with E-state index in [4.69, 9.17) is 4.52 Å². The Morgan fingerprint density at radius 1 is 1.27 bits per heavy atom. The van der Waals surface area contributed by atoms with Gasteiger partial charge < -0.3 is 4.52 Å². The van der Waals surface area contributed by atoms with Gasteiger partial charge in [-0.15, -0.1) is 0 Å². The Bertz CT molecular complexity index is 775. The summed E-state index contributed by atoms with van der Waals surface area (Å²) < 4.78 is 6.65. The van der Waals surface area contributed by atoms with Crippen molar-refractivity contribution in [3.8, 4) is 11.3 Å². The van der Waals surface area contributed by atoms with E-state index in [1.165, 1.54) is 18.4 Å². The fourth-order valence-corrected chi connectivity index (χ4v) is 3.36. The van der Waals surface area contributed by atoms with E-state index in [0.29, 0.717) is 5.92 Å². The molecular weight excluding hydrogens is 342 g/mol. The van der Waals surface area contributed by atoms with E-state index in [0.717, 1.165) is 21.5 Å². The van der Waals surface area contributed by atoms with Gasteiger partial charge in [0.15, 0.2) is 5.76 Å². The molecule has 1 atom stereocenters. The van der Waals surface area contributed by atoms with Crippen LogP contribution in [0, 0.1) is 5.92 Å². The molecule has 1 fully saturated rings. The van der Waals surface area contributed by atoms with Gasteiger partial charge in [-0.3, -0.25) is 5.10 Å². The minimum atomic E-state index is -0.105. The van der Waals surface area contributed by atoms with Gasteiger partial charge >= 0.3 is 0 Å². The van der Waals surface area contributed by atoms with E-state index in [2.05, 4.69) is 62.5 Å². The van der Waals surface area contributed by atoms with Gasteiger partial charge in [0.25, 0.3) is 0 Å². The summed E-state index contributed by atoms with van der Waals surface area (Å²) in [4.78, 5) is 0. The lowest BCUT2D eigenvalue weighted by molar-refractivity contribution is 0.387. The summed E-state index contributed by atoms with van der Waals surface area (Å²) in [6, 6.07) is 10.6. The number of aromatic amines is 1. The first-order valence-corrected chi connectivity index (χ1v) is 8.19. The fourth-order valence-electron chi connectivity index (χ4n) is 3.09. The molecule has 0 radical (unpaired) electrons. The lowest BCUT2D eigenvalue weighted by Gasteiger charge is -2.28. The molecule has 0 saturated heterocycles. The SMILES string of the molecule is CC(c1ccc(Br)cc1)(c1cc(-c2cn[nH]c2)on1)C1CC1. The predicted octanol–water partition coefficient (Wildman–Crippen LogP) is 4.54. The van der Waals surface area contributed by atoms with Crippen molar-refractivity contribution in [2.75, 3.05) is 0 Å². The number of nitrogens with one attached hydrogen (secondary N) is 1. The molecule has 2 aromatic heterocycles. The maximum Gasteiger partial charge on any atom is 0.170 e. The molecule has 1 aromatic carbocycles. The van der Waals surface area contributed by atoms with Crippen LogP contribution in [0.5, 0.6) is 0 Å². The molecule has 112 valence electrons.